The summed E-state index contributed by atoms with van der Waals surface area (Å²) in [4.78, 5) is 0. The number of phenols is 1. The highest BCUT2D eigenvalue weighted by molar-refractivity contribution is 14.1. The fraction of sp³-hybridized carbons (Fsp3) is 0.200. The van der Waals surface area contributed by atoms with Crippen LogP contribution >= 0.6 is 33.9 Å². The van der Waals surface area contributed by atoms with Crippen LogP contribution in [0.15, 0.2) is 17.5 Å². The lowest BCUT2D eigenvalue weighted by atomic mass is 10.1. The van der Waals surface area contributed by atoms with E-state index in [1.807, 2.05) is 11.4 Å². The van der Waals surface area contributed by atoms with Gasteiger partial charge in [-0.1, -0.05) is 6.92 Å². The Morgan fingerprint density at radius 2 is 2.31 bits per heavy atom. The van der Waals surface area contributed by atoms with Gasteiger partial charge in [0.15, 0.2) is 0 Å². The predicted molar refractivity (Wildman–Crippen MR) is 65.6 cm³/mol. The third-order valence-corrected chi connectivity index (χ3v) is 4.32. The number of halogens is 1. The Hall–Kier alpha value is -0.290. The zero-order valence-electron chi connectivity index (χ0n) is 7.17. The SMILES string of the molecule is CCc1cc(O)c2sccc2c1I. The number of rotatable bonds is 1. The van der Waals surface area contributed by atoms with Crippen LogP contribution < -0.4 is 0 Å². The van der Waals surface area contributed by atoms with Gasteiger partial charge in [0.2, 0.25) is 0 Å². The van der Waals surface area contributed by atoms with E-state index in [-0.39, 0.29) is 0 Å². The van der Waals surface area contributed by atoms with Crippen LogP contribution in [0.5, 0.6) is 5.75 Å². The molecule has 0 fully saturated rings. The normalized spacial score (nSPS) is 10.9. The van der Waals surface area contributed by atoms with Crippen molar-refractivity contribution in [3.63, 3.8) is 0 Å². The van der Waals surface area contributed by atoms with E-state index in [2.05, 4.69) is 35.6 Å². The molecule has 0 radical (unpaired) electrons. The van der Waals surface area contributed by atoms with Crippen molar-refractivity contribution in [3.8, 4) is 5.75 Å². The Morgan fingerprint density at radius 3 is 3.00 bits per heavy atom. The first-order chi connectivity index (χ1) is 6.24. The second-order valence-electron chi connectivity index (χ2n) is 2.89. The topological polar surface area (TPSA) is 20.2 Å². The van der Waals surface area contributed by atoms with Gasteiger partial charge < -0.3 is 5.11 Å². The number of aryl methyl sites for hydroxylation is 1. The number of aromatic hydroxyl groups is 1. The Kier molecular flexibility index (Phi) is 2.47. The molecule has 1 nitrogen and oxygen atoms in total. The predicted octanol–water partition coefficient (Wildman–Crippen LogP) is 3.77. The minimum Gasteiger partial charge on any atom is -0.506 e. The summed E-state index contributed by atoms with van der Waals surface area (Å²) in [7, 11) is 0. The Labute approximate surface area is 94.5 Å². The van der Waals surface area contributed by atoms with E-state index in [0.717, 1.165) is 11.1 Å². The van der Waals surface area contributed by atoms with Crippen molar-refractivity contribution in [2.75, 3.05) is 0 Å². The van der Waals surface area contributed by atoms with E-state index in [0.29, 0.717) is 5.75 Å². The van der Waals surface area contributed by atoms with Crippen LogP contribution in [0.3, 0.4) is 0 Å². The van der Waals surface area contributed by atoms with E-state index >= 15 is 0 Å². The monoisotopic (exact) mass is 304 g/mol. The maximum atomic E-state index is 9.70. The van der Waals surface area contributed by atoms with Gasteiger partial charge in [-0.15, -0.1) is 11.3 Å². The Morgan fingerprint density at radius 1 is 1.54 bits per heavy atom. The molecule has 0 spiro atoms. The Balaban J connectivity index is 2.85. The molecule has 0 aliphatic rings. The molecular weight excluding hydrogens is 295 g/mol. The van der Waals surface area contributed by atoms with Gasteiger partial charge >= 0.3 is 0 Å². The first kappa shape index (κ1) is 9.27. The molecule has 13 heavy (non-hydrogen) atoms. The summed E-state index contributed by atoms with van der Waals surface area (Å²) in [5, 5.41) is 12.9. The molecular formula is C10H9IOS. The summed E-state index contributed by atoms with van der Waals surface area (Å²) in [6, 6.07) is 3.95. The molecule has 0 aliphatic carbocycles. The van der Waals surface area contributed by atoms with E-state index in [4.69, 9.17) is 0 Å². The van der Waals surface area contributed by atoms with Crippen LogP contribution in [0.25, 0.3) is 10.1 Å². The molecule has 0 atom stereocenters. The molecule has 0 aliphatic heterocycles. The van der Waals surface area contributed by atoms with Gasteiger partial charge in [0.05, 0.1) is 4.70 Å². The maximum Gasteiger partial charge on any atom is 0.133 e. The first-order valence-corrected chi connectivity index (χ1v) is 6.07. The molecule has 68 valence electrons. The van der Waals surface area contributed by atoms with E-state index in [1.165, 1.54) is 14.5 Å². The lowest BCUT2D eigenvalue weighted by Gasteiger charge is -2.04. The van der Waals surface area contributed by atoms with Gasteiger partial charge in [0, 0.05) is 8.96 Å². The largest absolute Gasteiger partial charge is 0.506 e. The summed E-state index contributed by atoms with van der Waals surface area (Å²) >= 11 is 3.94. The molecule has 0 saturated carbocycles. The van der Waals surface area contributed by atoms with Crippen LogP contribution in [0.4, 0.5) is 0 Å². The molecule has 0 saturated heterocycles. The fourth-order valence-corrected chi connectivity index (χ4v) is 3.39. The van der Waals surface area contributed by atoms with Crippen molar-refractivity contribution < 1.29 is 5.11 Å². The molecule has 2 aromatic rings. The maximum absolute atomic E-state index is 9.70. The number of thiophene rings is 1. The van der Waals surface area contributed by atoms with Gasteiger partial charge in [-0.3, -0.25) is 0 Å². The van der Waals surface area contributed by atoms with E-state index in [9.17, 15) is 5.11 Å². The molecule has 1 heterocycles. The van der Waals surface area contributed by atoms with Gasteiger partial charge in [0.25, 0.3) is 0 Å². The van der Waals surface area contributed by atoms with Crippen LogP contribution in [-0.4, -0.2) is 5.11 Å². The van der Waals surface area contributed by atoms with Crippen molar-refractivity contribution in [2.24, 2.45) is 0 Å². The van der Waals surface area contributed by atoms with Crippen LogP contribution in [0, 0.1) is 3.57 Å². The highest BCUT2D eigenvalue weighted by Gasteiger charge is 2.08. The summed E-state index contributed by atoms with van der Waals surface area (Å²) in [5.74, 6) is 0.419. The highest BCUT2D eigenvalue weighted by atomic mass is 127. The van der Waals surface area contributed by atoms with Crippen LogP contribution in [0.1, 0.15) is 12.5 Å². The van der Waals surface area contributed by atoms with E-state index in [1.54, 1.807) is 11.3 Å². The molecule has 1 aromatic carbocycles. The zero-order valence-corrected chi connectivity index (χ0v) is 10.1. The van der Waals surface area contributed by atoms with Crippen molar-refractivity contribution in [2.45, 2.75) is 13.3 Å². The summed E-state index contributed by atoms with van der Waals surface area (Å²) < 4.78 is 2.27. The minimum absolute atomic E-state index is 0.419. The lowest BCUT2D eigenvalue weighted by molar-refractivity contribution is 0.482. The van der Waals surface area contributed by atoms with Gasteiger partial charge in [-0.25, -0.2) is 0 Å². The zero-order chi connectivity index (χ0) is 9.42. The minimum atomic E-state index is 0.419. The van der Waals surface area contributed by atoms with Crippen molar-refractivity contribution in [1.29, 1.82) is 0 Å². The molecule has 1 N–H and O–H groups in total. The average Bonchev–Trinajstić information content (AvgIpc) is 2.60. The molecule has 3 heteroatoms. The number of hydrogen-bond donors (Lipinski definition) is 1. The van der Waals surface area contributed by atoms with Crippen LogP contribution in [0.2, 0.25) is 0 Å². The van der Waals surface area contributed by atoms with Crippen molar-refractivity contribution in [1.82, 2.24) is 0 Å². The van der Waals surface area contributed by atoms with Crippen LogP contribution in [-0.2, 0) is 6.42 Å². The molecule has 1 aromatic heterocycles. The third-order valence-electron chi connectivity index (χ3n) is 2.11. The average molecular weight is 304 g/mol. The number of hydrogen-bond acceptors (Lipinski definition) is 2. The first-order valence-electron chi connectivity index (χ1n) is 4.11. The van der Waals surface area contributed by atoms with Gasteiger partial charge in [-0.05, 0) is 52.1 Å². The summed E-state index contributed by atoms with van der Waals surface area (Å²) in [5.41, 5.74) is 1.23. The number of benzene rings is 1. The van der Waals surface area contributed by atoms with Crippen molar-refractivity contribution >= 4 is 44.0 Å². The second-order valence-corrected chi connectivity index (χ2v) is 4.88. The quantitative estimate of drug-likeness (QED) is 0.795. The van der Waals surface area contributed by atoms with E-state index < -0.39 is 0 Å². The lowest BCUT2D eigenvalue weighted by Crippen LogP contribution is -1.85. The molecule has 2 rings (SSSR count). The summed E-state index contributed by atoms with van der Waals surface area (Å²) in [6.45, 7) is 2.11. The highest BCUT2D eigenvalue weighted by Crippen LogP contribution is 2.35. The third kappa shape index (κ3) is 1.44. The van der Waals surface area contributed by atoms with Crippen molar-refractivity contribution in [3.05, 3.63) is 26.6 Å². The standard InChI is InChI=1S/C10H9IOS/c1-2-6-5-8(12)10-7(9(6)11)3-4-13-10/h3-5,12H,2H2,1H3. The molecule has 0 unspecified atom stereocenters. The smallest absolute Gasteiger partial charge is 0.133 e. The second kappa shape index (κ2) is 3.46. The van der Waals surface area contributed by atoms with Gasteiger partial charge in [0.1, 0.15) is 5.75 Å². The number of phenolic OH excluding ortho intramolecular Hbond substituents is 1. The number of fused-ring (bicyclic) bond motifs is 1. The molecule has 0 bridgehead atoms. The summed E-state index contributed by atoms with van der Waals surface area (Å²) in [6.07, 6.45) is 0.970. The van der Waals surface area contributed by atoms with Gasteiger partial charge in [-0.2, -0.15) is 0 Å². The molecule has 0 amide bonds. The fourth-order valence-electron chi connectivity index (χ4n) is 1.40. The Bertz CT molecular complexity index is 447.